The minimum atomic E-state index is -0.523. The lowest BCUT2D eigenvalue weighted by molar-refractivity contribution is -0.136. The largest absolute Gasteiger partial charge is 0.482 e. The van der Waals surface area contributed by atoms with Crippen LogP contribution in [0.3, 0.4) is 0 Å². The molecule has 0 unspecified atom stereocenters. The number of nitriles is 2. The summed E-state index contributed by atoms with van der Waals surface area (Å²) in [6.45, 7) is 3.88. The molecule has 0 aliphatic rings. The maximum absolute atomic E-state index is 12.0. The van der Waals surface area contributed by atoms with Gasteiger partial charge in [-0.05, 0) is 53.5 Å². The van der Waals surface area contributed by atoms with Crippen LogP contribution in [0.5, 0.6) is 11.5 Å². The Kier molecular flexibility index (Phi) is 7.16. The third kappa shape index (κ3) is 5.99. The lowest BCUT2D eigenvalue weighted by Crippen LogP contribution is -2.18. The van der Waals surface area contributed by atoms with Gasteiger partial charge < -0.3 is 9.47 Å². The number of allylic oxidation sites excluding steroid dienone is 1. The van der Waals surface area contributed by atoms with E-state index in [1.54, 1.807) is 36.4 Å². The highest BCUT2D eigenvalue weighted by molar-refractivity contribution is 9.10. The second-order valence-electron chi connectivity index (χ2n) is 5.95. The van der Waals surface area contributed by atoms with Crippen LogP contribution in [-0.4, -0.2) is 12.6 Å². The highest BCUT2D eigenvalue weighted by Gasteiger charge is 2.12. The number of benzene rings is 2. The molecular formula is C21H17BrN2O3. The molecular weight excluding hydrogens is 408 g/mol. The van der Waals surface area contributed by atoms with Crippen molar-refractivity contribution in [2.45, 2.75) is 19.8 Å². The van der Waals surface area contributed by atoms with Crippen molar-refractivity contribution in [3.63, 3.8) is 0 Å². The molecule has 0 aliphatic carbocycles. The van der Waals surface area contributed by atoms with E-state index in [0.29, 0.717) is 17.1 Å². The van der Waals surface area contributed by atoms with E-state index in [1.807, 2.05) is 32.0 Å². The van der Waals surface area contributed by atoms with Crippen LogP contribution in [0.1, 0.15) is 30.9 Å². The number of carbonyl (C=O) groups excluding carboxylic acids is 1. The van der Waals surface area contributed by atoms with E-state index in [2.05, 4.69) is 15.9 Å². The average molecular weight is 425 g/mol. The van der Waals surface area contributed by atoms with E-state index < -0.39 is 5.97 Å². The van der Waals surface area contributed by atoms with Gasteiger partial charge in [0.05, 0.1) is 0 Å². The molecule has 0 N–H and O–H groups in total. The molecule has 27 heavy (non-hydrogen) atoms. The molecule has 2 aromatic carbocycles. The van der Waals surface area contributed by atoms with E-state index in [9.17, 15) is 4.79 Å². The molecule has 0 aliphatic heterocycles. The molecule has 5 nitrogen and oxygen atoms in total. The molecule has 0 fully saturated rings. The van der Waals surface area contributed by atoms with Gasteiger partial charge in [-0.3, -0.25) is 0 Å². The number of hydrogen-bond acceptors (Lipinski definition) is 5. The van der Waals surface area contributed by atoms with Gasteiger partial charge in [0, 0.05) is 4.47 Å². The molecule has 0 spiro atoms. The standard InChI is InChI=1S/C21H17BrN2O3/c1-14(2)19-10-17(22)5-8-20(19)26-13-21(25)27-18-6-3-15(4-7-18)9-16(11-23)12-24/h3-10,14H,13H2,1-2H3. The lowest BCUT2D eigenvalue weighted by atomic mass is 10.0. The zero-order chi connectivity index (χ0) is 19.8. The predicted octanol–water partition coefficient (Wildman–Crippen LogP) is 4.99. The minimum Gasteiger partial charge on any atom is -0.482 e. The lowest BCUT2D eigenvalue weighted by Gasteiger charge is -2.14. The van der Waals surface area contributed by atoms with E-state index in [-0.39, 0.29) is 18.1 Å². The summed E-state index contributed by atoms with van der Waals surface area (Å²) >= 11 is 3.43. The molecule has 0 radical (unpaired) electrons. The van der Waals surface area contributed by atoms with Crippen LogP contribution in [0.25, 0.3) is 6.08 Å². The van der Waals surface area contributed by atoms with Gasteiger partial charge in [-0.15, -0.1) is 0 Å². The second kappa shape index (κ2) is 9.56. The summed E-state index contributed by atoms with van der Waals surface area (Å²) in [5.74, 6) is 0.730. The molecule has 0 bridgehead atoms. The van der Waals surface area contributed by atoms with Crippen molar-refractivity contribution >= 4 is 28.0 Å². The summed E-state index contributed by atoms with van der Waals surface area (Å²) in [5.41, 5.74) is 1.67. The topological polar surface area (TPSA) is 83.1 Å². The maximum atomic E-state index is 12.0. The van der Waals surface area contributed by atoms with Crippen LogP contribution in [0, 0.1) is 22.7 Å². The number of carbonyl (C=O) groups is 1. The van der Waals surface area contributed by atoms with E-state index >= 15 is 0 Å². The highest BCUT2D eigenvalue weighted by atomic mass is 79.9. The van der Waals surface area contributed by atoms with Crippen LogP contribution < -0.4 is 9.47 Å². The molecule has 0 aromatic heterocycles. The van der Waals surface area contributed by atoms with Crippen LogP contribution in [0.4, 0.5) is 0 Å². The fourth-order valence-electron chi connectivity index (χ4n) is 2.29. The third-order valence-electron chi connectivity index (χ3n) is 3.60. The van der Waals surface area contributed by atoms with Crippen molar-refractivity contribution < 1.29 is 14.3 Å². The molecule has 0 amide bonds. The zero-order valence-electron chi connectivity index (χ0n) is 14.9. The van der Waals surface area contributed by atoms with Crippen molar-refractivity contribution in [2.75, 3.05) is 6.61 Å². The Bertz CT molecular complexity index is 919. The molecule has 6 heteroatoms. The zero-order valence-corrected chi connectivity index (χ0v) is 16.5. The fourth-order valence-corrected chi connectivity index (χ4v) is 2.67. The monoisotopic (exact) mass is 424 g/mol. The fraction of sp³-hybridized carbons (Fsp3) is 0.190. The summed E-state index contributed by atoms with van der Waals surface area (Å²) in [4.78, 5) is 12.0. The first-order chi connectivity index (χ1) is 12.9. The Morgan fingerprint density at radius 1 is 1.15 bits per heavy atom. The van der Waals surface area contributed by atoms with Gasteiger partial charge in [0.25, 0.3) is 0 Å². The van der Waals surface area contributed by atoms with E-state index in [0.717, 1.165) is 10.0 Å². The summed E-state index contributed by atoms with van der Waals surface area (Å²) in [6, 6.07) is 15.7. The van der Waals surface area contributed by atoms with Crippen molar-refractivity contribution in [3.05, 3.63) is 63.6 Å². The smallest absolute Gasteiger partial charge is 0.349 e. The van der Waals surface area contributed by atoms with Gasteiger partial charge in [-0.2, -0.15) is 10.5 Å². The van der Waals surface area contributed by atoms with Crippen molar-refractivity contribution in [1.29, 1.82) is 10.5 Å². The molecule has 0 saturated heterocycles. The Morgan fingerprint density at radius 2 is 1.81 bits per heavy atom. The number of rotatable bonds is 6. The van der Waals surface area contributed by atoms with Crippen LogP contribution in [-0.2, 0) is 4.79 Å². The SMILES string of the molecule is CC(C)c1cc(Br)ccc1OCC(=O)Oc1ccc(C=C(C#N)C#N)cc1. The predicted molar refractivity (Wildman–Crippen MR) is 105 cm³/mol. The number of nitrogens with zero attached hydrogens (tertiary/aromatic N) is 2. The van der Waals surface area contributed by atoms with Crippen molar-refractivity contribution in [2.24, 2.45) is 0 Å². The molecule has 0 heterocycles. The number of esters is 1. The van der Waals surface area contributed by atoms with Gasteiger partial charge in [-0.1, -0.05) is 41.9 Å². The summed E-state index contributed by atoms with van der Waals surface area (Å²) < 4.78 is 11.8. The Balaban J connectivity index is 1.98. The molecule has 136 valence electrons. The summed E-state index contributed by atoms with van der Waals surface area (Å²) in [5, 5.41) is 17.5. The maximum Gasteiger partial charge on any atom is 0.349 e. The minimum absolute atomic E-state index is 0.00333. The first kappa shape index (κ1) is 20.2. The van der Waals surface area contributed by atoms with Crippen LogP contribution in [0.15, 0.2) is 52.5 Å². The summed E-state index contributed by atoms with van der Waals surface area (Å²) in [7, 11) is 0. The first-order valence-corrected chi connectivity index (χ1v) is 8.97. The molecule has 2 rings (SSSR count). The Labute approximate surface area is 166 Å². The average Bonchev–Trinajstić information content (AvgIpc) is 2.66. The van der Waals surface area contributed by atoms with Crippen molar-refractivity contribution in [1.82, 2.24) is 0 Å². The Morgan fingerprint density at radius 3 is 2.41 bits per heavy atom. The number of ether oxygens (including phenoxy) is 2. The normalized spacial score (nSPS) is 9.85. The highest BCUT2D eigenvalue weighted by Crippen LogP contribution is 2.29. The number of hydrogen-bond donors (Lipinski definition) is 0. The van der Waals surface area contributed by atoms with Crippen molar-refractivity contribution in [3.8, 4) is 23.6 Å². The van der Waals surface area contributed by atoms with E-state index in [4.69, 9.17) is 20.0 Å². The second-order valence-corrected chi connectivity index (χ2v) is 6.87. The first-order valence-electron chi connectivity index (χ1n) is 8.18. The van der Waals surface area contributed by atoms with Gasteiger partial charge in [0.2, 0.25) is 0 Å². The quantitative estimate of drug-likeness (QED) is 0.370. The third-order valence-corrected chi connectivity index (χ3v) is 4.10. The number of halogens is 1. The van der Waals surface area contributed by atoms with Gasteiger partial charge >= 0.3 is 5.97 Å². The van der Waals surface area contributed by atoms with Gasteiger partial charge in [0.1, 0.15) is 29.2 Å². The molecule has 2 aromatic rings. The van der Waals surface area contributed by atoms with Gasteiger partial charge in [0.15, 0.2) is 6.61 Å². The van der Waals surface area contributed by atoms with Crippen LogP contribution >= 0.6 is 15.9 Å². The van der Waals surface area contributed by atoms with E-state index in [1.165, 1.54) is 6.08 Å². The van der Waals surface area contributed by atoms with Gasteiger partial charge in [-0.25, -0.2) is 4.79 Å². The Hall–Kier alpha value is -3.09. The van der Waals surface area contributed by atoms with Crippen LogP contribution in [0.2, 0.25) is 0 Å². The summed E-state index contributed by atoms with van der Waals surface area (Å²) in [6.07, 6.45) is 1.45. The molecule has 0 saturated carbocycles. The molecule has 0 atom stereocenters.